The SMILES string of the molecule is COCc1cc(C(C)(C)c2cc(C(C)(C)c3cc(COC)c(O)c(COC)c3)cc(C(C)(C)c3cc(COC)c(O)c(C(C)=O)c3)c2)cc(O)c1O. The summed E-state index contributed by atoms with van der Waals surface area (Å²) in [5.74, 6) is -0.657. The van der Waals surface area contributed by atoms with E-state index in [0.29, 0.717) is 22.3 Å². The van der Waals surface area contributed by atoms with Crippen LogP contribution in [0.2, 0.25) is 0 Å². The van der Waals surface area contributed by atoms with Crippen molar-refractivity contribution in [1.82, 2.24) is 0 Å². The maximum Gasteiger partial charge on any atom is 0.163 e. The molecule has 0 aliphatic carbocycles. The molecule has 9 heteroatoms. The molecule has 0 unspecified atom stereocenters. The molecule has 0 aliphatic rings. The van der Waals surface area contributed by atoms with E-state index in [1.165, 1.54) is 14.0 Å². The van der Waals surface area contributed by atoms with Gasteiger partial charge in [-0.05, 0) is 76.7 Å². The van der Waals surface area contributed by atoms with E-state index in [0.717, 1.165) is 33.4 Å². The summed E-state index contributed by atoms with van der Waals surface area (Å²) < 4.78 is 21.6. The van der Waals surface area contributed by atoms with Gasteiger partial charge in [-0.3, -0.25) is 4.79 Å². The Morgan fingerprint density at radius 1 is 0.462 bits per heavy atom. The van der Waals surface area contributed by atoms with Crippen LogP contribution in [-0.2, 0) is 61.6 Å². The first kappa shape index (κ1) is 40.4. The van der Waals surface area contributed by atoms with Crippen LogP contribution in [0.4, 0.5) is 0 Å². The lowest BCUT2D eigenvalue weighted by Crippen LogP contribution is -2.27. The van der Waals surface area contributed by atoms with Gasteiger partial charge in [0.2, 0.25) is 0 Å². The van der Waals surface area contributed by atoms with E-state index in [-0.39, 0.29) is 60.8 Å². The second kappa shape index (κ2) is 15.7. The standard InChI is InChI=1S/C43H54O9/c1-25(44)36-19-31(14-28(23-51-10)39(36)47)42(4,5)34-16-33(41(2,3)30-12-26(21-49-8)38(46)27(13-30)22-50-9)17-35(18-34)43(6,7)32-15-29(24-52-11)40(48)37(45)20-32/h12-20,45-48H,21-24H2,1-11H3. The van der Waals surface area contributed by atoms with Gasteiger partial charge in [-0.1, -0.05) is 59.7 Å². The van der Waals surface area contributed by atoms with Crippen molar-refractivity contribution in [2.24, 2.45) is 0 Å². The molecule has 0 spiro atoms. The van der Waals surface area contributed by atoms with Gasteiger partial charge in [0.1, 0.15) is 11.5 Å². The Balaban J connectivity index is 2.07. The molecule has 0 amide bonds. The molecule has 0 bridgehead atoms. The molecule has 0 saturated heterocycles. The van der Waals surface area contributed by atoms with E-state index in [9.17, 15) is 25.2 Å². The average Bonchev–Trinajstić information content (AvgIpc) is 3.09. The van der Waals surface area contributed by atoms with Crippen LogP contribution < -0.4 is 0 Å². The van der Waals surface area contributed by atoms with Gasteiger partial charge >= 0.3 is 0 Å². The molecule has 0 atom stereocenters. The number of phenols is 4. The first-order chi connectivity index (χ1) is 24.3. The van der Waals surface area contributed by atoms with Gasteiger partial charge in [-0.2, -0.15) is 0 Å². The summed E-state index contributed by atoms with van der Waals surface area (Å²) in [4.78, 5) is 12.7. The van der Waals surface area contributed by atoms with Crippen LogP contribution in [0.5, 0.6) is 23.0 Å². The minimum atomic E-state index is -0.692. The number of phenolic OH excluding ortho intramolecular Hbond substituents is 4. The maximum absolute atomic E-state index is 12.7. The number of carbonyl (C=O) groups excluding carboxylic acids is 1. The number of Topliss-reactive ketones (excluding diaryl/α,β-unsaturated/α-hetero) is 1. The predicted molar refractivity (Wildman–Crippen MR) is 202 cm³/mol. The van der Waals surface area contributed by atoms with Gasteiger partial charge in [0, 0.05) is 66.9 Å². The molecule has 9 nitrogen and oxygen atoms in total. The second-order valence-corrected chi connectivity index (χ2v) is 15.1. The number of rotatable bonds is 15. The number of aromatic hydroxyl groups is 4. The molecule has 0 aromatic heterocycles. The van der Waals surface area contributed by atoms with Crippen molar-refractivity contribution < 1.29 is 44.2 Å². The van der Waals surface area contributed by atoms with Crippen LogP contribution in [0, 0.1) is 0 Å². The summed E-state index contributed by atoms with van der Waals surface area (Å²) >= 11 is 0. The monoisotopic (exact) mass is 714 g/mol. The van der Waals surface area contributed by atoms with Crippen molar-refractivity contribution in [3.8, 4) is 23.0 Å². The third-order valence-electron chi connectivity index (χ3n) is 10.5. The van der Waals surface area contributed by atoms with E-state index < -0.39 is 16.2 Å². The Morgan fingerprint density at radius 3 is 1.10 bits per heavy atom. The highest BCUT2D eigenvalue weighted by molar-refractivity contribution is 5.97. The zero-order valence-corrected chi connectivity index (χ0v) is 32.4. The number of benzene rings is 4. The molecule has 0 fully saturated rings. The van der Waals surface area contributed by atoms with Crippen LogP contribution in [0.15, 0.2) is 54.6 Å². The van der Waals surface area contributed by atoms with Crippen LogP contribution in [-0.4, -0.2) is 54.6 Å². The molecule has 0 aliphatic heterocycles. The number of hydrogen-bond donors (Lipinski definition) is 4. The highest BCUT2D eigenvalue weighted by atomic mass is 16.5. The van der Waals surface area contributed by atoms with Crippen molar-refractivity contribution in [3.05, 3.63) is 116 Å². The summed E-state index contributed by atoms with van der Waals surface area (Å²) in [6.07, 6.45) is 0. The lowest BCUT2D eigenvalue weighted by molar-refractivity contribution is 0.101. The Bertz CT molecular complexity index is 1910. The number of hydrogen-bond acceptors (Lipinski definition) is 9. The summed E-state index contributed by atoms with van der Waals surface area (Å²) in [6, 6.07) is 17.5. The maximum atomic E-state index is 12.7. The smallest absolute Gasteiger partial charge is 0.163 e. The number of carbonyl (C=O) groups is 1. The summed E-state index contributed by atoms with van der Waals surface area (Å²) in [7, 11) is 6.26. The normalized spacial score (nSPS) is 12.4. The van der Waals surface area contributed by atoms with Gasteiger partial charge in [-0.15, -0.1) is 0 Å². The van der Waals surface area contributed by atoms with Crippen molar-refractivity contribution in [3.63, 3.8) is 0 Å². The summed E-state index contributed by atoms with van der Waals surface area (Å²) in [5.41, 5.74) is 5.89. The lowest BCUT2D eigenvalue weighted by Gasteiger charge is -2.36. The predicted octanol–water partition coefficient (Wildman–Crippen LogP) is 8.27. The zero-order valence-electron chi connectivity index (χ0n) is 32.4. The van der Waals surface area contributed by atoms with Crippen LogP contribution in [0.25, 0.3) is 0 Å². The van der Waals surface area contributed by atoms with E-state index in [1.807, 2.05) is 24.3 Å². The third kappa shape index (κ3) is 7.83. The molecule has 0 radical (unpaired) electrons. The first-order valence-corrected chi connectivity index (χ1v) is 17.2. The first-order valence-electron chi connectivity index (χ1n) is 17.2. The molecule has 280 valence electrons. The topological polar surface area (TPSA) is 135 Å². The van der Waals surface area contributed by atoms with E-state index >= 15 is 0 Å². The molecule has 4 aromatic carbocycles. The Morgan fingerprint density at radius 2 is 0.750 bits per heavy atom. The molecule has 0 saturated carbocycles. The van der Waals surface area contributed by atoms with Crippen molar-refractivity contribution in [1.29, 1.82) is 0 Å². The van der Waals surface area contributed by atoms with E-state index in [2.05, 4.69) is 59.7 Å². The summed E-state index contributed by atoms with van der Waals surface area (Å²) in [6.45, 7) is 14.7. The van der Waals surface area contributed by atoms with Crippen LogP contribution in [0.1, 0.15) is 114 Å². The Labute approximate surface area is 307 Å². The second-order valence-electron chi connectivity index (χ2n) is 15.1. The minimum Gasteiger partial charge on any atom is -0.507 e. The van der Waals surface area contributed by atoms with Gasteiger partial charge in [0.15, 0.2) is 17.3 Å². The Kier molecular flexibility index (Phi) is 12.2. The largest absolute Gasteiger partial charge is 0.507 e. The highest BCUT2D eigenvalue weighted by Crippen LogP contribution is 2.45. The quantitative estimate of drug-likeness (QED) is 0.0709. The number of ether oxygens (including phenoxy) is 4. The van der Waals surface area contributed by atoms with Gasteiger partial charge in [-0.25, -0.2) is 0 Å². The van der Waals surface area contributed by atoms with Crippen LogP contribution in [0.3, 0.4) is 0 Å². The molecule has 52 heavy (non-hydrogen) atoms. The van der Waals surface area contributed by atoms with Crippen molar-refractivity contribution in [2.45, 2.75) is 91.1 Å². The van der Waals surface area contributed by atoms with Gasteiger partial charge in [0.05, 0.1) is 32.0 Å². The molecule has 4 aromatic rings. The van der Waals surface area contributed by atoms with E-state index in [4.69, 9.17) is 18.9 Å². The Hall–Kier alpha value is -4.41. The minimum absolute atomic E-state index is 0.0873. The molecule has 4 rings (SSSR count). The molecule has 0 heterocycles. The third-order valence-corrected chi connectivity index (χ3v) is 10.5. The van der Waals surface area contributed by atoms with Gasteiger partial charge in [0.25, 0.3) is 0 Å². The molecule has 4 N–H and O–H groups in total. The van der Waals surface area contributed by atoms with Crippen molar-refractivity contribution in [2.75, 3.05) is 28.4 Å². The fourth-order valence-electron chi connectivity index (χ4n) is 6.76. The van der Waals surface area contributed by atoms with E-state index in [1.54, 1.807) is 33.5 Å². The fourth-order valence-corrected chi connectivity index (χ4v) is 6.76. The summed E-state index contributed by atoms with van der Waals surface area (Å²) in [5, 5.41) is 43.4. The lowest BCUT2D eigenvalue weighted by atomic mass is 9.68. The van der Waals surface area contributed by atoms with Crippen LogP contribution >= 0.6 is 0 Å². The molecular formula is C43H54O9. The van der Waals surface area contributed by atoms with Crippen molar-refractivity contribution >= 4 is 5.78 Å². The fraction of sp³-hybridized carbons (Fsp3) is 0.419. The zero-order chi connectivity index (χ0) is 38.8. The number of methoxy groups -OCH3 is 4. The molecular weight excluding hydrogens is 660 g/mol. The highest BCUT2D eigenvalue weighted by Gasteiger charge is 2.34. The number of ketones is 1. The average molecular weight is 715 g/mol. The van der Waals surface area contributed by atoms with Gasteiger partial charge < -0.3 is 39.4 Å².